The van der Waals surface area contributed by atoms with Crippen LogP contribution in [0.2, 0.25) is 0 Å². The van der Waals surface area contributed by atoms with Crippen molar-refractivity contribution in [3.63, 3.8) is 0 Å². The third-order valence-corrected chi connectivity index (χ3v) is 2.16. The van der Waals surface area contributed by atoms with Gasteiger partial charge in [-0.15, -0.1) is 0 Å². The molecule has 0 aliphatic heterocycles. The van der Waals surface area contributed by atoms with Gasteiger partial charge in [-0.3, -0.25) is 0 Å². The van der Waals surface area contributed by atoms with Crippen LogP contribution in [0.15, 0.2) is 12.1 Å². The summed E-state index contributed by atoms with van der Waals surface area (Å²) in [5, 5.41) is 3.29. The highest BCUT2D eigenvalue weighted by Gasteiger charge is 2.15. The van der Waals surface area contributed by atoms with Gasteiger partial charge in [0.05, 0.1) is 21.3 Å². The highest BCUT2D eigenvalue weighted by molar-refractivity contribution is 5.71. The number of nitrogens with one attached hydrogen (secondary N) is 1. The summed E-state index contributed by atoms with van der Waals surface area (Å²) in [6.45, 7) is 4.11. The molecule has 0 heterocycles. The highest BCUT2D eigenvalue weighted by Crippen LogP contribution is 2.42. The van der Waals surface area contributed by atoms with Crippen LogP contribution in [-0.4, -0.2) is 27.4 Å². The smallest absolute Gasteiger partial charge is 0.187 e. The zero-order chi connectivity index (χ0) is 12.1. The van der Waals surface area contributed by atoms with Gasteiger partial charge in [0.2, 0.25) is 0 Å². The molecule has 0 aromatic heterocycles. The van der Waals surface area contributed by atoms with Gasteiger partial charge in [0.25, 0.3) is 0 Å². The lowest BCUT2D eigenvalue weighted by molar-refractivity contribution is 0.351. The highest BCUT2D eigenvalue weighted by atomic mass is 16.5. The third-order valence-electron chi connectivity index (χ3n) is 2.16. The quantitative estimate of drug-likeness (QED) is 0.836. The van der Waals surface area contributed by atoms with E-state index in [1.807, 2.05) is 12.1 Å². The van der Waals surface area contributed by atoms with Gasteiger partial charge in [0.1, 0.15) is 11.4 Å². The van der Waals surface area contributed by atoms with Crippen LogP contribution in [0.1, 0.15) is 13.8 Å². The Kier molecular flexibility index (Phi) is 4.28. The zero-order valence-corrected chi connectivity index (χ0v) is 10.5. The van der Waals surface area contributed by atoms with Crippen LogP contribution in [0, 0.1) is 0 Å². The molecule has 4 nitrogen and oxygen atoms in total. The molecule has 0 spiro atoms. The van der Waals surface area contributed by atoms with Crippen LogP contribution in [-0.2, 0) is 0 Å². The predicted octanol–water partition coefficient (Wildman–Crippen LogP) is 2.53. The Bertz CT molecular complexity index is 350. The van der Waals surface area contributed by atoms with E-state index in [1.165, 1.54) is 0 Å². The lowest BCUT2D eigenvalue weighted by Crippen LogP contribution is -2.12. The summed E-state index contributed by atoms with van der Waals surface area (Å²) in [6.07, 6.45) is 0. The summed E-state index contributed by atoms with van der Waals surface area (Å²) in [7, 11) is 4.86. The van der Waals surface area contributed by atoms with E-state index in [0.717, 1.165) is 11.4 Å². The molecule has 90 valence electrons. The molecule has 0 saturated carbocycles. The van der Waals surface area contributed by atoms with E-state index < -0.39 is 0 Å². The maximum absolute atomic E-state index is 5.34. The maximum Gasteiger partial charge on any atom is 0.187 e. The fraction of sp³-hybridized carbons (Fsp3) is 0.500. The number of methoxy groups -OCH3 is 3. The second kappa shape index (κ2) is 5.49. The molecule has 0 radical (unpaired) electrons. The van der Waals surface area contributed by atoms with Gasteiger partial charge in [-0.05, 0) is 26.0 Å². The van der Waals surface area contributed by atoms with Crippen molar-refractivity contribution in [2.24, 2.45) is 0 Å². The van der Waals surface area contributed by atoms with E-state index in [0.29, 0.717) is 11.5 Å². The molecule has 16 heavy (non-hydrogen) atoms. The molecule has 0 amide bonds. The number of rotatable bonds is 5. The molecule has 0 bridgehead atoms. The number of anilines is 1. The number of hydrogen-bond donors (Lipinski definition) is 1. The van der Waals surface area contributed by atoms with Crippen molar-refractivity contribution in [1.29, 1.82) is 0 Å². The van der Waals surface area contributed by atoms with Crippen LogP contribution >= 0.6 is 0 Å². The van der Waals surface area contributed by atoms with Gasteiger partial charge in [0, 0.05) is 6.04 Å². The molecule has 0 atom stereocenters. The average molecular weight is 225 g/mol. The van der Waals surface area contributed by atoms with Gasteiger partial charge in [-0.2, -0.15) is 0 Å². The molecule has 0 aliphatic rings. The van der Waals surface area contributed by atoms with E-state index in [9.17, 15) is 0 Å². The second-order valence-corrected chi connectivity index (χ2v) is 3.68. The second-order valence-electron chi connectivity index (χ2n) is 3.68. The fourth-order valence-electron chi connectivity index (χ4n) is 1.50. The van der Waals surface area contributed by atoms with Crippen LogP contribution in [0.5, 0.6) is 17.2 Å². The van der Waals surface area contributed by atoms with Crippen molar-refractivity contribution in [3.05, 3.63) is 12.1 Å². The maximum atomic E-state index is 5.34. The van der Waals surface area contributed by atoms with Crippen LogP contribution in [0.25, 0.3) is 0 Å². The molecule has 1 aromatic carbocycles. The first-order chi connectivity index (χ1) is 7.63. The van der Waals surface area contributed by atoms with Crippen molar-refractivity contribution in [2.45, 2.75) is 19.9 Å². The first kappa shape index (κ1) is 12.5. The molecule has 1 aromatic rings. The standard InChI is InChI=1S/C12H19NO3/c1-8(2)13-11-9(14-3)6-7-10(15-4)12(11)16-5/h6-8,13H,1-5H3. The van der Waals surface area contributed by atoms with Gasteiger partial charge >= 0.3 is 0 Å². The number of ether oxygens (including phenoxy) is 3. The normalized spacial score (nSPS) is 10.1. The number of benzene rings is 1. The Morgan fingerprint density at radius 3 is 1.94 bits per heavy atom. The molecular formula is C12H19NO3. The van der Waals surface area contributed by atoms with Crippen molar-refractivity contribution in [1.82, 2.24) is 0 Å². The summed E-state index contributed by atoms with van der Waals surface area (Å²) in [6, 6.07) is 3.96. The predicted molar refractivity (Wildman–Crippen MR) is 64.9 cm³/mol. The zero-order valence-electron chi connectivity index (χ0n) is 10.5. The number of hydrogen-bond acceptors (Lipinski definition) is 4. The molecule has 1 rings (SSSR count). The minimum Gasteiger partial charge on any atom is -0.494 e. The van der Waals surface area contributed by atoms with Crippen LogP contribution < -0.4 is 19.5 Å². The topological polar surface area (TPSA) is 39.7 Å². The summed E-state index contributed by atoms with van der Waals surface area (Å²) in [5.41, 5.74) is 0.819. The summed E-state index contributed by atoms with van der Waals surface area (Å²) in [5.74, 6) is 2.09. The largest absolute Gasteiger partial charge is 0.494 e. The molecule has 0 unspecified atom stereocenters. The van der Waals surface area contributed by atoms with E-state index in [4.69, 9.17) is 14.2 Å². The van der Waals surface area contributed by atoms with Crippen LogP contribution in [0.3, 0.4) is 0 Å². The average Bonchev–Trinajstić information content (AvgIpc) is 2.27. The Balaban J connectivity index is 3.25. The lowest BCUT2D eigenvalue weighted by atomic mass is 10.2. The van der Waals surface area contributed by atoms with E-state index in [1.54, 1.807) is 21.3 Å². The molecule has 0 fully saturated rings. The first-order valence-electron chi connectivity index (χ1n) is 5.19. The Morgan fingerprint density at radius 1 is 0.938 bits per heavy atom. The van der Waals surface area contributed by atoms with Gasteiger partial charge in [-0.25, -0.2) is 0 Å². The van der Waals surface area contributed by atoms with E-state index in [2.05, 4.69) is 19.2 Å². The van der Waals surface area contributed by atoms with Crippen molar-refractivity contribution < 1.29 is 14.2 Å². The summed E-state index contributed by atoms with van der Waals surface area (Å²) >= 11 is 0. The van der Waals surface area contributed by atoms with Gasteiger partial charge in [0.15, 0.2) is 11.5 Å². The lowest BCUT2D eigenvalue weighted by Gasteiger charge is -2.19. The molecule has 1 N–H and O–H groups in total. The summed E-state index contributed by atoms with van der Waals surface area (Å²) in [4.78, 5) is 0. The van der Waals surface area contributed by atoms with Gasteiger partial charge < -0.3 is 19.5 Å². The van der Waals surface area contributed by atoms with Gasteiger partial charge in [-0.1, -0.05) is 0 Å². The first-order valence-corrected chi connectivity index (χ1v) is 5.19. The SMILES string of the molecule is COc1ccc(OC)c(OC)c1NC(C)C. The van der Waals surface area contributed by atoms with Crippen molar-refractivity contribution >= 4 is 5.69 Å². The Hall–Kier alpha value is -1.58. The van der Waals surface area contributed by atoms with Crippen molar-refractivity contribution in [2.75, 3.05) is 26.6 Å². The minimum absolute atomic E-state index is 0.287. The van der Waals surface area contributed by atoms with Crippen LogP contribution in [0.4, 0.5) is 5.69 Å². The Labute approximate surface area is 96.5 Å². The van der Waals surface area contributed by atoms with Crippen molar-refractivity contribution in [3.8, 4) is 17.2 Å². The Morgan fingerprint density at radius 2 is 1.50 bits per heavy atom. The molecule has 0 saturated heterocycles. The molecule has 0 aliphatic carbocycles. The van der Waals surface area contributed by atoms with E-state index in [-0.39, 0.29) is 6.04 Å². The third kappa shape index (κ3) is 2.51. The minimum atomic E-state index is 0.287. The monoisotopic (exact) mass is 225 g/mol. The molecule has 4 heteroatoms. The summed E-state index contributed by atoms with van der Waals surface area (Å²) < 4.78 is 15.9. The van der Waals surface area contributed by atoms with E-state index >= 15 is 0 Å². The fourth-order valence-corrected chi connectivity index (χ4v) is 1.50. The molecular weight excluding hydrogens is 206 g/mol.